The van der Waals surface area contributed by atoms with Crippen molar-refractivity contribution in [2.75, 3.05) is 17.1 Å². The first kappa shape index (κ1) is 11.5. The van der Waals surface area contributed by atoms with E-state index in [2.05, 4.69) is 15.4 Å². The van der Waals surface area contributed by atoms with Crippen LogP contribution in [0, 0.1) is 0 Å². The first-order valence-corrected chi connectivity index (χ1v) is 5.94. The minimum atomic E-state index is -0.353. The molecule has 2 rings (SSSR count). The first-order valence-electron chi connectivity index (χ1n) is 4.87. The topological polar surface area (TPSA) is 42.2 Å². The number of nitrogens with zero attached hydrogens (tertiary/aromatic N) is 3. The molecule has 0 unspecified atom stereocenters. The van der Waals surface area contributed by atoms with Crippen molar-refractivity contribution in [3.8, 4) is 0 Å². The highest BCUT2D eigenvalue weighted by atomic mass is 35.5. The van der Waals surface area contributed by atoms with Gasteiger partial charge >= 0.3 is 0 Å². The number of alkyl halides is 2. The van der Waals surface area contributed by atoms with E-state index in [9.17, 15) is 0 Å². The van der Waals surface area contributed by atoms with Gasteiger partial charge in [-0.05, 0) is 13.0 Å². The molecule has 6 heteroatoms. The summed E-state index contributed by atoms with van der Waals surface area (Å²) in [5.41, 5.74) is 0.436. The number of rotatable bonds is 4. The highest BCUT2D eigenvalue weighted by molar-refractivity contribution is 6.22. The van der Waals surface area contributed by atoms with E-state index in [0.717, 1.165) is 11.5 Å². The predicted octanol–water partition coefficient (Wildman–Crippen LogP) is 2.38. The quantitative estimate of drug-likeness (QED) is 0.857. The van der Waals surface area contributed by atoms with Crippen molar-refractivity contribution in [2.24, 2.45) is 0 Å². The Morgan fingerprint density at radius 2 is 2.12 bits per heavy atom. The van der Waals surface area contributed by atoms with Crippen molar-refractivity contribution in [3.05, 3.63) is 24.5 Å². The molecule has 0 saturated heterocycles. The van der Waals surface area contributed by atoms with Crippen molar-refractivity contribution in [3.63, 3.8) is 0 Å². The predicted molar refractivity (Wildman–Crippen MR) is 66.5 cm³/mol. The maximum Gasteiger partial charge on any atom is 0.157 e. The lowest BCUT2D eigenvalue weighted by Crippen LogP contribution is -2.39. The van der Waals surface area contributed by atoms with Gasteiger partial charge in [-0.15, -0.1) is 23.2 Å². The van der Waals surface area contributed by atoms with Gasteiger partial charge < -0.3 is 5.32 Å². The second-order valence-electron chi connectivity index (χ2n) is 3.90. The molecule has 0 amide bonds. The van der Waals surface area contributed by atoms with Crippen LogP contribution in [-0.2, 0) is 0 Å². The zero-order valence-corrected chi connectivity index (χ0v) is 10.3. The molecule has 0 aromatic carbocycles. The molecule has 0 radical (unpaired) electrons. The highest BCUT2D eigenvalue weighted by Gasteiger charge is 2.22. The number of nitrogens with one attached hydrogen (secondary N) is 1. The Morgan fingerprint density at radius 1 is 1.38 bits per heavy atom. The minimum Gasteiger partial charge on any atom is -0.362 e. The molecular weight excluding hydrogens is 247 g/mol. The number of fused-ring (bicyclic) bond motifs is 1. The molecule has 0 spiro atoms. The van der Waals surface area contributed by atoms with Gasteiger partial charge in [-0.25, -0.2) is 9.50 Å². The normalized spacial score (nSPS) is 11.9. The van der Waals surface area contributed by atoms with Crippen molar-refractivity contribution in [2.45, 2.75) is 12.5 Å². The van der Waals surface area contributed by atoms with Gasteiger partial charge in [-0.1, -0.05) is 0 Å². The Balaban J connectivity index is 2.26. The summed E-state index contributed by atoms with van der Waals surface area (Å²) >= 11 is 11.7. The molecule has 0 aliphatic carbocycles. The van der Waals surface area contributed by atoms with E-state index < -0.39 is 0 Å². The third-order valence-electron chi connectivity index (χ3n) is 2.28. The SMILES string of the molecule is CC(CCl)(CCl)Nc1ccn2nccc2n1. The largest absolute Gasteiger partial charge is 0.362 e. The van der Waals surface area contributed by atoms with Gasteiger partial charge in [-0.3, -0.25) is 0 Å². The molecule has 0 saturated carbocycles. The van der Waals surface area contributed by atoms with Gasteiger partial charge in [0.1, 0.15) is 5.82 Å². The lowest BCUT2D eigenvalue weighted by Gasteiger charge is -2.26. The molecular formula is C10H12Cl2N4. The molecule has 86 valence electrons. The summed E-state index contributed by atoms with van der Waals surface area (Å²) < 4.78 is 1.70. The van der Waals surface area contributed by atoms with Crippen LogP contribution in [0.25, 0.3) is 5.65 Å². The fourth-order valence-electron chi connectivity index (χ4n) is 1.29. The molecule has 4 nitrogen and oxygen atoms in total. The minimum absolute atomic E-state index is 0.353. The smallest absolute Gasteiger partial charge is 0.157 e. The van der Waals surface area contributed by atoms with E-state index in [1.807, 2.05) is 25.3 Å². The van der Waals surface area contributed by atoms with E-state index in [-0.39, 0.29) is 5.54 Å². The van der Waals surface area contributed by atoms with E-state index in [1.165, 1.54) is 0 Å². The van der Waals surface area contributed by atoms with Crippen molar-refractivity contribution in [1.29, 1.82) is 0 Å². The zero-order valence-electron chi connectivity index (χ0n) is 8.82. The Hall–Kier alpha value is -1.00. The Bertz CT molecular complexity index is 478. The van der Waals surface area contributed by atoms with E-state index in [4.69, 9.17) is 23.2 Å². The highest BCUT2D eigenvalue weighted by Crippen LogP contribution is 2.17. The van der Waals surface area contributed by atoms with Crippen LogP contribution in [0.1, 0.15) is 6.92 Å². The molecule has 0 atom stereocenters. The molecule has 0 fully saturated rings. The zero-order chi connectivity index (χ0) is 11.6. The summed E-state index contributed by atoms with van der Waals surface area (Å²) in [6, 6.07) is 3.68. The lowest BCUT2D eigenvalue weighted by molar-refractivity contribution is 0.645. The Kier molecular flexibility index (Phi) is 3.21. The number of hydrogen-bond donors (Lipinski definition) is 1. The molecule has 0 aliphatic rings. The van der Waals surface area contributed by atoms with Gasteiger partial charge in [0, 0.05) is 24.0 Å². The lowest BCUT2D eigenvalue weighted by atomic mass is 10.1. The van der Waals surface area contributed by atoms with Crippen LogP contribution in [-0.4, -0.2) is 31.9 Å². The summed E-state index contributed by atoms with van der Waals surface area (Å²) in [6.07, 6.45) is 3.54. The van der Waals surface area contributed by atoms with Gasteiger partial charge in [-0.2, -0.15) is 5.10 Å². The second kappa shape index (κ2) is 4.47. The van der Waals surface area contributed by atoms with Crippen LogP contribution in [0.15, 0.2) is 24.5 Å². The Morgan fingerprint density at radius 3 is 2.81 bits per heavy atom. The number of anilines is 1. The molecule has 2 aromatic heterocycles. The van der Waals surface area contributed by atoms with Crippen molar-refractivity contribution in [1.82, 2.24) is 14.6 Å². The standard InChI is InChI=1S/C10H12Cl2N4/c1-10(6-11,7-12)15-8-3-5-16-9(14-8)2-4-13-16/h2-5H,6-7H2,1H3,(H,14,15). The molecule has 1 N–H and O–H groups in total. The summed E-state index contributed by atoms with van der Waals surface area (Å²) in [5, 5.41) is 7.29. The van der Waals surface area contributed by atoms with Gasteiger partial charge in [0.05, 0.1) is 11.7 Å². The maximum absolute atomic E-state index is 5.86. The van der Waals surface area contributed by atoms with Crippen LogP contribution in [0.5, 0.6) is 0 Å². The Labute approximate surface area is 104 Å². The summed E-state index contributed by atoms with van der Waals surface area (Å²) in [4.78, 5) is 4.39. The fraction of sp³-hybridized carbons (Fsp3) is 0.400. The number of aromatic nitrogens is 3. The average molecular weight is 259 g/mol. The monoisotopic (exact) mass is 258 g/mol. The van der Waals surface area contributed by atoms with Crippen molar-refractivity contribution >= 4 is 34.7 Å². The molecule has 16 heavy (non-hydrogen) atoms. The third kappa shape index (κ3) is 2.23. The molecule has 2 aromatic rings. The van der Waals surface area contributed by atoms with Gasteiger partial charge in [0.15, 0.2) is 5.65 Å². The second-order valence-corrected chi connectivity index (χ2v) is 4.43. The van der Waals surface area contributed by atoms with Crippen LogP contribution in [0.3, 0.4) is 0 Å². The van der Waals surface area contributed by atoms with Crippen LogP contribution < -0.4 is 5.32 Å². The van der Waals surface area contributed by atoms with E-state index in [1.54, 1.807) is 10.7 Å². The summed E-state index contributed by atoms with van der Waals surface area (Å²) in [5.74, 6) is 1.59. The first-order chi connectivity index (χ1) is 7.67. The maximum atomic E-state index is 5.86. The molecule has 0 bridgehead atoms. The summed E-state index contributed by atoms with van der Waals surface area (Å²) in [7, 11) is 0. The van der Waals surface area contributed by atoms with E-state index in [0.29, 0.717) is 11.8 Å². The van der Waals surface area contributed by atoms with Gasteiger partial charge in [0.2, 0.25) is 0 Å². The molecule has 2 heterocycles. The fourth-order valence-corrected chi connectivity index (χ4v) is 1.71. The van der Waals surface area contributed by atoms with E-state index >= 15 is 0 Å². The van der Waals surface area contributed by atoms with Crippen molar-refractivity contribution < 1.29 is 0 Å². The molecule has 0 aliphatic heterocycles. The third-order valence-corrected chi connectivity index (χ3v) is 3.46. The van der Waals surface area contributed by atoms with Crippen LogP contribution >= 0.6 is 23.2 Å². The number of halogens is 2. The van der Waals surface area contributed by atoms with Gasteiger partial charge in [0.25, 0.3) is 0 Å². The van der Waals surface area contributed by atoms with Crippen LogP contribution in [0.4, 0.5) is 5.82 Å². The number of hydrogen-bond acceptors (Lipinski definition) is 3. The van der Waals surface area contributed by atoms with Crippen LogP contribution in [0.2, 0.25) is 0 Å². The average Bonchev–Trinajstić information content (AvgIpc) is 2.76. The summed E-state index contributed by atoms with van der Waals surface area (Å²) in [6.45, 7) is 1.95.